The highest BCUT2D eigenvalue weighted by molar-refractivity contribution is 5.78. The molecule has 116 valence electrons. The van der Waals surface area contributed by atoms with Crippen molar-refractivity contribution in [1.82, 2.24) is 9.80 Å². The Morgan fingerprint density at radius 3 is 2.70 bits per heavy atom. The number of carbonyl (C=O) groups is 1. The number of nitrogens with zero attached hydrogens (tertiary/aromatic N) is 2. The fraction of sp³-hybridized carbons (Fsp3) is 0.941. The fourth-order valence-corrected chi connectivity index (χ4v) is 3.98. The van der Waals surface area contributed by atoms with Gasteiger partial charge in [0.1, 0.15) is 0 Å². The van der Waals surface area contributed by atoms with Crippen LogP contribution in [0.4, 0.5) is 0 Å². The van der Waals surface area contributed by atoms with Crippen LogP contribution in [-0.4, -0.2) is 48.4 Å². The quantitative estimate of drug-likeness (QED) is 0.772. The molecular formula is C17H32N2O. The maximum Gasteiger partial charge on any atom is 0.236 e. The SMILES string of the molecule is CC[C@H](C)CN(C)CC(=O)N1CCC[C@H]2CCCC[C@@H]21. The van der Waals surface area contributed by atoms with E-state index in [1.165, 1.54) is 44.9 Å². The second-order valence-electron chi connectivity index (χ2n) is 7.05. The smallest absolute Gasteiger partial charge is 0.236 e. The van der Waals surface area contributed by atoms with E-state index in [1.807, 2.05) is 0 Å². The Hall–Kier alpha value is -0.570. The van der Waals surface area contributed by atoms with E-state index < -0.39 is 0 Å². The van der Waals surface area contributed by atoms with Crippen LogP contribution in [0.2, 0.25) is 0 Å². The first-order chi connectivity index (χ1) is 9.61. The van der Waals surface area contributed by atoms with Gasteiger partial charge in [-0.2, -0.15) is 0 Å². The van der Waals surface area contributed by atoms with Crippen molar-refractivity contribution >= 4 is 5.91 Å². The lowest BCUT2D eigenvalue weighted by molar-refractivity contribution is -0.138. The molecule has 1 aliphatic carbocycles. The summed E-state index contributed by atoms with van der Waals surface area (Å²) < 4.78 is 0. The second kappa shape index (κ2) is 7.44. The molecule has 0 N–H and O–H groups in total. The van der Waals surface area contributed by atoms with Gasteiger partial charge in [0.25, 0.3) is 0 Å². The number of piperidine rings is 1. The minimum absolute atomic E-state index is 0.368. The van der Waals surface area contributed by atoms with Gasteiger partial charge in [-0.05, 0) is 44.6 Å². The van der Waals surface area contributed by atoms with E-state index in [4.69, 9.17) is 0 Å². The van der Waals surface area contributed by atoms with Gasteiger partial charge < -0.3 is 4.90 Å². The predicted molar refractivity (Wildman–Crippen MR) is 83.6 cm³/mol. The zero-order chi connectivity index (χ0) is 14.5. The van der Waals surface area contributed by atoms with Gasteiger partial charge in [-0.25, -0.2) is 0 Å². The van der Waals surface area contributed by atoms with Crippen molar-refractivity contribution in [2.45, 2.75) is 64.8 Å². The summed E-state index contributed by atoms with van der Waals surface area (Å²) in [5, 5.41) is 0. The second-order valence-corrected chi connectivity index (χ2v) is 7.05. The number of rotatable bonds is 5. The van der Waals surface area contributed by atoms with E-state index in [0.717, 1.165) is 19.0 Å². The Balaban J connectivity index is 1.87. The van der Waals surface area contributed by atoms with E-state index in [1.54, 1.807) is 0 Å². The van der Waals surface area contributed by atoms with Gasteiger partial charge in [-0.1, -0.05) is 33.1 Å². The van der Waals surface area contributed by atoms with Crippen molar-refractivity contribution in [1.29, 1.82) is 0 Å². The molecule has 1 aliphatic heterocycles. The molecule has 0 bridgehead atoms. The number of likely N-dealkylation sites (N-methyl/N-ethyl adjacent to an activating group) is 1. The van der Waals surface area contributed by atoms with Gasteiger partial charge in [0.2, 0.25) is 5.91 Å². The normalized spacial score (nSPS) is 28.3. The van der Waals surface area contributed by atoms with Crippen molar-refractivity contribution in [2.24, 2.45) is 11.8 Å². The molecule has 2 aliphatic rings. The Labute approximate surface area is 124 Å². The summed E-state index contributed by atoms with van der Waals surface area (Å²) in [7, 11) is 2.09. The fourth-order valence-electron chi connectivity index (χ4n) is 3.98. The van der Waals surface area contributed by atoms with Crippen LogP contribution in [0.1, 0.15) is 58.8 Å². The van der Waals surface area contributed by atoms with Crippen LogP contribution in [0.25, 0.3) is 0 Å². The van der Waals surface area contributed by atoms with Gasteiger partial charge in [-0.3, -0.25) is 9.69 Å². The molecular weight excluding hydrogens is 248 g/mol. The van der Waals surface area contributed by atoms with Crippen molar-refractivity contribution in [3.05, 3.63) is 0 Å². The van der Waals surface area contributed by atoms with Crippen LogP contribution < -0.4 is 0 Å². The Kier molecular flexibility index (Phi) is 5.88. The highest BCUT2D eigenvalue weighted by atomic mass is 16.2. The largest absolute Gasteiger partial charge is 0.338 e. The lowest BCUT2D eigenvalue weighted by atomic mass is 9.78. The minimum atomic E-state index is 0.368. The van der Waals surface area contributed by atoms with Crippen LogP contribution in [-0.2, 0) is 4.79 Å². The molecule has 0 aromatic heterocycles. The van der Waals surface area contributed by atoms with E-state index in [-0.39, 0.29) is 0 Å². The molecule has 2 rings (SSSR count). The van der Waals surface area contributed by atoms with Gasteiger partial charge in [0.15, 0.2) is 0 Å². The molecule has 1 saturated heterocycles. The topological polar surface area (TPSA) is 23.6 Å². The molecule has 0 aromatic carbocycles. The molecule has 0 spiro atoms. The molecule has 3 heteroatoms. The first-order valence-electron chi connectivity index (χ1n) is 8.59. The van der Waals surface area contributed by atoms with Gasteiger partial charge in [0, 0.05) is 19.1 Å². The highest BCUT2D eigenvalue weighted by Gasteiger charge is 2.35. The summed E-state index contributed by atoms with van der Waals surface area (Å²) >= 11 is 0. The highest BCUT2D eigenvalue weighted by Crippen LogP contribution is 2.35. The summed E-state index contributed by atoms with van der Waals surface area (Å²) in [6, 6.07) is 0.557. The molecule has 20 heavy (non-hydrogen) atoms. The van der Waals surface area contributed by atoms with Crippen LogP contribution in [0, 0.1) is 11.8 Å². The molecule has 2 fully saturated rings. The van der Waals surface area contributed by atoms with Crippen LogP contribution >= 0.6 is 0 Å². The Morgan fingerprint density at radius 2 is 1.95 bits per heavy atom. The summed E-state index contributed by atoms with van der Waals surface area (Å²) in [5.41, 5.74) is 0. The summed E-state index contributed by atoms with van der Waals surface area (Å²) in [6.45, 7) is 7.12. The first kappa shape index (κ1) is 15.8. The molecule has 1 saturated carbocycles. The lowest BCUT2D eigenvalue weighted by Crippen LogP contribution is -2.52. The van der Waals surface area contributed by atoms with Gasteiger partial charge in [-0.15, -0.1) is 0 Å². The molecule has 3 atom stereocenters. The number of carbonyl (C=O) groups excluding carboxylic acids is 1. The average Bonchev–Trinajstić information content (AvgIpc) is 2.46. The number of hydrogen-bond acceptors (Lipinski definition) is 2. The lowest BCUT2D eigenvalue weighted by Gasteiger charge is -2.44. The average molecular weight is 280 g/mol. The van der Waals surface area contributed by atoms with Crippen molar-refractivity contribution in [3.63, 3.8) is 0 Å². The van der Waals surface area contributed by atoms with Gasteiger partial charge in [0.05, 0.1) is 6.54 Å². The molecule has 3 nitrogen and oxygen atoms in total. The van der Waals surface area contributed by atoms with E-state index >= 15 is 0 Å². The molecule has 1 amide bonds. The Morgan fingerprint density at radius 1 is 1.25 bits per heavy atom. The third-order valence-corrected chi connectivity index (χ3v) is 5.29. The van der Waals surface area contributed by atoms with Crippen LogP contribution in [0.5, 0.6) is 0 Å². The van der Waals surface area contributed by atoms with E-state index in [9.17, 15) is 4.79 Å². The standard InChI is InChI=1S/C17H32N2O/c1-4-14(2)12-18(3)13-17(20)19-11-7-9-15-8-5-6-10-16(15)19/h14-16H,4-13H2,1-3H3/t14-,15+,16-/m0/s1. The van der Waals surface area contributed by atoms with E-state index in [0.29, 0.717) is 24.4 Å². The molecule has 0 aromatic rings. The zero-order valence-corrected chi connectivity index (χ0v) is 13.6. The molecule has 0 unspecified atom stereocenters. The maximum atomic E-state index is 12.6. The predicted octanol–water partition coefficient (Wildman–Crippen LogP) is 3.15. The number of fused-ring (bicyclic) bond motifs is 1. The monoisotopic (exact) mass is 280 g/mol. The van der Waals surface area contributed by atoms with Gasteiger partial charge >= 0.3 is 0 Å². The first-order valence-corrected chi connectivity index (χ1v) is 8.59. The summed E-state index contributed by atoms with van der Waals surface area (Å²) in [6.07, 6.45) is 9.01. The summed E-state index contributed by atoms with van der Waals surface area (Å²) in [4.78, 5) is 17.1. The molecule has 0 radical (unpaired) electrons. The molecule has 1 heterocycles. The minimum Gasteiger partial charge on any atom is -0.338 e. The van der Waals surface area contributed by atoms with Crippen molar-refractivity contribution < 1.29 is 4.79 Å². The van der Waals surface area contributed by atoms with E-state index in [2.05, 4.69) is 30.7 Å². The third kappa shape index (κ3) is 3.97. The van der Waals surface area contributed by atoms with Crippen LogP contribution in [0.3, 0.4) is 0 Å². The third-order valence-electron chi connectivity index (χ3n) is 5.29. The number of amides is 1. The van der Waals surface area contributed by atoms with Crippen LogP contribution in [0.15, 0.2) is 0 Å². The number of likely N-dealkylation sites (tertiary alicyclic amines) is 1. The number of hydrogen-bond donors (Lipinski definition) is 0. The zero-order valence-electron chi connectivity index (χ0n) is 13.6. The van der Waals surface area contributed by atoms with Crippen molar-refractivity contribution in [3.8, 4) is 0 Å². The van der Waals surface area contributed by atoms with Crippen molar-refractivity contribution in [2.75, 3.05) is 26.7 Å². The Bertz CT molecular complexity index is 316. The maximum absolute atomic E-state index is 12.6. The summed E-state index contributed by atoms with van der Waals surface area (Å²) in [5.74, 6) is 1.84.